The molecule has 0 saturated heterocycles. The van der Waals surface area contributed by atoms with Crippen molar-refractivity contribution < 1.29 is 0 Å². The van der Waals surface area contributed by atoms with Crippen LogP contribution in [0.2, 0.25) is 0 Å². The number of aryl methyl sites for hydroxylation is 1. The third-order valence-corrected chi connectivity index (χ3v) is 4.34. The highest BCUT2D eigenvalue weighted by Crippen LogP contribution is 2.34. The standard InChI is InChI=1S/C15H22N4/c1-12-6-9-17-14(13(12)10-16)18-11-15(19(2)3)7-4-5-8-15/h6,9H,4-5,7-8,11H2,1-3H3,(H,17,18). The zero-order valence-electron chi connectivity index (χ0n) is 12.0. The number of rotatable bonds is 4. The first-order chi connectivity index (χ1) is 9.09. The van der Waals surface area contributed by atoms with Gasteiger partial charge in [0.15, 0.2) is 0 Å². The van der Waals surface area contributed by atoms with E-state index in [9.17, 15) is 5.26 Å². The molecule has 1 fully saturated rings. The van der Waals surface area contributed by atoms with Crippen LogP contribution in [0.25, 0.3) is 0 Å². The first-order valence-corrected chi connectivity index (χ1v) is 6.86. The van der Waals surface area contributed by atoms with E-state index in [0.29, 0.717) is 5.56 Å². The van der Waals surface area contributed by atoms with Crippen molar-refractivity contribution >= 4 is 5.82 Å². The maximum Gasteiger partial charge on any atom is 0.144 e. The van der Waals surface area contributed by atoms with E-state index in [1.165, 1.54) is 25.7 Å². The summed E-state index contributed by atoms with van der Waals surface area (Å²) >= 11 is 0. The van der Waals surface area contributed by atoms with Crippen molar-refractivity contribution in [3.63, 3.8) is 0 Å². The van der Waals surface area contributed by atoms with Gasteiger partial charge in [0.05, 0.1) is 5.56 Å². The van der Waals surface area contributed by atoms with E-state index in [4.69, 9.17) is 0 Å². The van der Waals surface area contributed by atoms with E-state index in [1.54, 1.807) is 6.20 Å². The lowest BCUT2D eigenvalue weighted by atomic mass is 9.96. The average Bonchev–Trinajstić information content (AvgIpc) is 2.86. The van der Waals surface area contributed by atoms with E-state index in [0.717, 1.165) is 17.9 Å². The van der Waals surface area contributed by atoms with Gasteiger partial charge in [-0.2, -0.15) is 5.26 Å². The molecule has 4 nitrogen and oxygen atoms in total. The highest BCUT2D eigenvalue weighted by Gasteiger charge is 2.35. The second kappa shape index (κ2) is 5.58. The van der Waals surface area contributed by atoms with Crippen molar-refractivity contribution in [1.29, 1.82) is 5.26 Å². The summed E-state index contributed by atoms with van der Waals surface area (Å²) in [5.41, 5.74) is 1.85. The van der Waals surface area contributed by atoms with E-state index in [1.807, 2.05) is 13.0 Å². The lowest BCUT2D eigenvalue weighted by Crippen LogP contribution is -2.47. The molecule has 4 heteroatoms. The lowest BCUT2D eigenvalue weighted by Gasteiger charge is -2.36. The minimum atomic E-state index is 0.206. The van der Waals surface area contributed by atoms with Gasteiger partial charge in [0.1, 0.15) is 11.9 Å². The van der Waals surface area contributed by atoms with E-state index in [-0.39, 0.29) is 5.54 Å². The molecule has 1 heterocycles. The molecule has 0 bridgehead atoms. The predicted molar refractivity (Wildman–Crippen MR) is 77.1 cm³/mol. The molecule has 0 aromatic carbocycles. The zero-order valence-corrected chi connectivity index (χ0v) is 12.0. The predicted octanol–water partition coefficient (Wildman–Crippen LogP) is 2.55. The van der Waals surface area contributed by atoms with Crippen molar-refractivity contribution in [2.24, 2.45) is 0 Å². The fraction of sp³-hybridized carbons (Fsp3) is 0.600. The van der Waals surface area contributed by atoms with Gasteiger partial charge >= 0.3 is 0 Å². The van der Waals surface area contributed by atoms with Crippen LogP contribution >= 0.6 is 0 Å². The Morgan fingerprint density at radius 3 is 2.68 bits per heavy atom. The Hall–Kier alpha value is -1.60. The van der Waals surface area contributed by atoms with Gasteiger partial charge in [-0.05, 0) is 45.5 Å². The Labute approximate surface area is 115 Å². The molecule has 1 saturated carbocycles. The van der Waals surface area contributed by atoms with Gasteiger partial charge in [-0.15, -0.1) is 0 Å². The van der Waals surface area contributed by atoms with Gasteiger partial charge in [0, 0.05) is 18.3 Å². The van der Waals surface area contributed by atoms with Crippen LogP contribution in [0.5, 0.6) is 0 Å². The van der Waals surface area contributed by atoms with Crippen LogP contribution in [0, 0.1) is 18.3 Å². The van der Waals surface area contributed by atoms with Gasteiger partial charge < -0.3 is 10.2 Å². The fourth-order valence-electron chi connectivity index (χ4n) is 2.90. The fourth-order valence-corrected chi connectivity index (χ4v) is 2.90. The highest BCUT2D eigenvalue weighted by atomic mass is 15.2. The van der Waals surface area contributed by atoms with Gasteiger partial charge in [-0.3, -0.25) is 0 Å². The molecule has 1 aromatic heterocycles. The molecule has 1 aromatic rings. The van der Waals surface area contributed by atoms with Crippen molar-refractivity contribution in [1.82, 2.24) is 9.88 Å². The van der Waals surface area contributed by atoms with Crippen molar-refractivity contribution in [2.45, 2.75) is 38.1 Å². The summed E-state index contributed by atoms with van der Waals surface area (Å²) in [6, 6.07) is 4.12. The van der Waals surface area contributed by atoms with Gasteiger partial charge in [-0.1, -0.05) is 12.8 Å². The molecule has 1 aliphatic rings. The molecule has 1 aliphatic carbocycles. The number of nitrogens with one attached hydrogen (secondary N) is 1. The minimum Gasteiger partial charge on any atom is -0.367 e. The number of nitriles is 1. The molecule has 0 atom stereocenters. The molecule has 0 aliphatic heterocycles. The Bertz CT molecular complexity index is 481. The van der Waals surface area contributed by atoms with Crippen LogP contribution in [0.3, 0.4) is 0 Å². The van der Waals surface area contributed by atoms with E-state index < -0.39 is 0 Å². The SMILES string of the molecule is Cc1ccnc(NCC2(N(C)C)CCCC2)c1C#N. The largest absolute Gasteiger partial charge is 0.367 e. The normalized spacial score (nSPS) is 17.4. The van der Waals surface area contributed by atoms with Crippen LogP contribution in [-0.4, -0.2) is 36.1 Å². The number of nitrogens with zero attached hydrogens (tertiary/aromatic N) is 3. The lowest BCUT2D eigenvalue weighted by molar-refractivity contribution is 0.172. The van der Waals surface area contributed by atoms with Crippen LogP contribution in [0.4, 0.5) is 5.82 Å². The molecule has 0 unspecified atom stereocenters. The minimum absolute atomic E-state index is 0.206. The molecule has 0 radical (unpaired) electrons. The summed E-state index contributed by atoms with van der Waals surface area (Å²) < 4.78 is 0. The van der Waals surface area contributed by atoms with E-state index >= 15 is 0 Å². The summed E-state index contributed by atoms with van der Waals surface area (Å²) in [5, 5.41) is 12.6. The third kappa shape index (κ3) is 2.71. The highest BCUT2D eigenvalue weighted by molar-refractivity contribution is 5.55. The molecular weight excluding hydrogens is 236 g/mol. The number of likely N-dealkylation sites (N-methyl/N-ethyl adjacent to an activating group) is 1. The number of aromatic nitrogens is 1. The molecule has 0 spiro atoms. The summed E-state index contributed by atoms with van der Waals surface area (Å²) in [6.07, 6.45) is 6.75. The molecule has 2 rings (SSSR count). The van der Waals surface area contributed by atoms with Gasteiger partial charge in [0.25, 0.3) is 0 Å². The summed E-state index contributed by atoms with van der Waals surface area (Å²) in [7, 11) is 4.28. The van der Waals surface area contributed by atoms with Gasteiger partial charge in [0.2, 0.25) is 0 Å². The number of anilines is 1. The van der Waals surface area contributed by atoms with Crippen LogP contribution in [0.15, 0.2) is 12.3 Å². The number of hydrogen-bond donors (Lipinski definition) is 1. The van der Waals surface area contributed by atoms with E-state index in [2.05, 4.69) is 35.4 Å². The number of hydrogen-bond acceptors (Lipinski definition) is 4. The Morgan fingerprint density at radius 2 is 2.11 bits per heavy atom. The smallest absolute Gasteiger partial charge is 0.144 e. The van der Waals surface area contributed by atoms with Gasteiger partial charge in [-0.25, -0.2) is 4.98 Å². The summed E-state index contributed by atoms with van der Waals surface area (Å²) in [6.45, 7) is 2.80. The number of pyridine rings is 1. The summed E-state index contributed by atoms with van der Waals surface area (Å²) in [5.74, 6) is 0.718. The Kier molecular flexibility index (Phi) is 4.06. The second-order valence-corrected chi connectivity index (χ2v) is 5.64. The molecule has 1 N–H and O–H groups in total. The van der Waals surface area contributed by atoms with Crippen LogP contribution in [0.1, 0.15) is 36.8 Å². The van der Waals surface area contributed by atoms with Crippen LogP contribution < -0.4 is 5.32 Å². The molecule has 102 valence electrons. The maximum absolute atomic E-state index is 9.22. The molecular formula is C15H22N4. The second-order valence-electron chi connectivity index (χ2n) is 5.64. The molecule has 0 amide bonds. The zero-order chi connectivity index (χ0) is 13.9. The average molecular weight is 258 g/mol. The van der Waals surface area contributed by atoms with Crippen LogP contribution in [-0.2, 0) is 0 Å². The Morgan fingerprint density at radius 1 is 1.42 bits per heavy atom. The third-order valence-electron chi connectivity index (χ3n) is 4.34. The van der Waals surface area contributed by atoms with Crippen molar-refractivity contribution in [3.05, 3.63) is 23.4 Å². The first kappa shape index (κ1) is 13.8. The van der Waals surface area contributed by atoms with Crippen molar-refractivity contribution in [3.8, 4) is 6.07 Å². The Balaban J connectivity index is 2.14. The first-order valence-electron chi connectivity index (χ1n) is 6.86. The maximum atomic E-state index is 9.22. The summed E-state index contributed by atoms with van der Waals surface area (Å²) in [4.78, 5) is 6.62. The van der Waals surface area contributed by atoms with Crippen molar-refractivity contribution in [2.75, 3.05) is 26.0 Å². The molecule has 19 heavy (non-hydrogen) atoms. The monoisotopic (exact) mass is 258 g/mol. The quantitative estimate of drug-likeness (QED) is 0.901. The topological polar surface area (TPSA) is 52.0 Å².